The summed E-state index contributed by atoms with van der Waals surface area (Å²) >= 11 is 1.55. The Balaban J connectivity index is 1.68. The first-order chi connectivity index (χ1) is 11.1. The predicted octanol–water partition coefficient (Wildman–Crippen LogP) is 2.33. The molecule has 3 amide bonds. The van der Waals surface area contributed by atoms with Gasteiger partial charge in [-0.2, -0.15) is 11.3 Å². The molecule has 2 aromatic rings. The first-order valence-corrected chi connectivity index (χ1v) is 8.20. The van der Waals surface area contributed by atoms with Gasteiger partial charge in [0, 0.05) is 7.05 Å². The Labute approximate surface area is 137 Å². The van der Waals surface area contributed by atoms with E-state index in [1.54, 1.807) is 35.6 Å². The van der Waals surface area contributed by atoms with Gasteiger partial charge < -0.3 is 14.6 Å². The van der Waals surface area contributed by atoms with Crippen LogP contribution in [-0.2, 0) is 11.3 Å². The molecule has 4 heterocycles. The third kappa shape index (κ3) is 2.24. The van der Waals surface area contributed by atoms with E-state index < -0.39 is 0 Å². The lowest BCUT2D eigenvalue weighted by molar-refractivity contribution is -0.126. The van der Waals surface area contributed by atoms with Crippen LogP contribution >= 0.6 is 11.3 Å². The highest BCUT2D eigenvalue weighted by atomic mass is 32.1. The maximum atomic E-state index is 12.9. The Morgan fingerprint density at radius 2 is 2.26 bits per heavy atom. The van der Waals surface area contributed by atoms with E-state index in [1.807, 2.05) is 22.9 Å². The van der Waals surface area contributed by atoms with Crippen molar-refractivity contribution < 1.29 is 14.0 Å². The molecule has 0 spiro atoms. The maximum absolute atomic E-state index is 12.9. The van der Waals surface area contributed by atoms with Gasteiger partial charge in [-0.3, -0.25) is 9.69 Å². The van der Waals surface area contributed by atoms with Crippen molar-refractivity contribution in [2.24, 2.45) is 0 Å². The highest BCUT2D eigenvalue weighted by molar-refractivity contribution is 7.08. The standard InChI is InChI=1S/C16H15N3O3S/c1-18-12-8-19(7-11-3-2-5-22-11)15(20)13(12)14(17-16(18)21)10-4-6-23-9-10/h2-6,9,14H,7-8H2,1H3,(H,17,21). The summed E-state index contributed by atoms with van der Waals surface area (Å²) in [5, 5.41) is 6.82. The SMILES string of the molecule is CN1C(=O)NC(c2ccsc2)C2=C1CN(Cc1ccco1)C2=O. The van der Waals surface area contributed by atoms with E-state index in [9.17, 15) is 9.59 Å². The number of thiophene rings is 1. The average Bonchev–Trinajstić information content (AvgIpc) is 3.26. The molecule has 2 aliphatic rings. The molecule has 0 saturated carbocycles. The van der Waals surface area contributed by atoms with Gasteiger partial charge in [-0.1, -0.05) is 0 Å². The number of carbonyl (C=O) groups is 2. The molecule has 0 aromatic carbocycles. The number of furan rings is 1. The molecule has 7 heteroatoms. The number of urea groups is 1. The topological polar surface area (TPSA) is 65.8 Å². The fraction of sp³-hybridized carbons (Fsp3) is 0.250. The normalized spacial score (nSPS) is 21.0. The van der Waals surface area contributed by atoms with Crippen molar-refractivity contribution in [3.05, 3.63) is 57.8 Å². The summed E-state index contributed by atoms with van der Waals surface area (Å²) in [5.74, 6) is 0.673. The Bertz CT molecular complexity index is 780. The molecular weight excluding hydrogens is 314 g/mol. The van der Waals surface area contributed by atoms with Crippen LogP contribution in [0.2, 0.25) is 0 Å². The number of rotatable bonds is 3. The zero-order chi connectivity index (χ0) is 16.0. The second-order valence-corrected chi connectivity index (χ2v) is 6.38. The Hall–Kier alpha value is -2.54. The first kappa shape index (κ1) is 14.1. The fourth-order valence-corrected chi connectivity index (χ4v) is 3.72. The highest BCUT2D eigenvalue weighted by Gasteiger charge is 2.43. The monoisotopic (exact) mass is 329 g/mol. The minimum atomic E-state index is -0.381. The molecule has 2 aliphatic heterocycles. The van der Waals surface area contributed by atoms with Crippen LogP contribution in [0.3, 0.4) is 0 Å². The molecule has 1 unspecified atom stereocenters. The second-order valence-electron chi connectivity index (χ2n) is 5.60. The first-order valence-electron chi connectivity index (χ1n) is 7.26. The molecule has 4 rings (SSSR count). The number of hydrogen-bond donors (Lipinski definition) is 1. The lowest BCUT2D eigenvalue weighted by atomic mass is 9.98. The van der Waals surface area contributed by atoms with Crippen molar-refractivity contribution in [3.63, 3.8) is 0 Å². The van der Waals surface area contributed by atoms with Crippen LogP contribution in [-0.4, -0.2) is 35.3 Å². The Kier molecular flexibility index (Phi) is 3.23. The molecule has 1 N–H and O–H groups in total. The number of nitrogens with zero attached hydrogens (tertiary/aromatic N) is 2. The van der Waals surface area contributed by atoms with Crippen LogP contribution in [0.15, 0.2) is 50.9 Å². The van der Waals surface area contributed by atoms with Crippen LogP contribution < -0.4 is 5.32 Å². The number of amides is 3. The van der Waals surface area contributed by atoms with E-state index in [0.717, 1.165) is 17.0 Å². The molecule has 2 aromatic heterocycles. The van der Waals surface area contributed by atoms with Crippen LogP contribution in [0.25, 0.3) is 0 Å². The minimum Gasteiger partial charge on any atom is -0.467 e. The van der Waals surface area contributed by atoms with Gasteiger partial charge in [-0.05, 0) is 34.5 Å². The summed E-state index contributed by atoms with van der Waals surface area (Å²) in [5.41, 5.74) is 2.36. The quantitative estimate of drug-likeness (QED) is 0.940. The molecule has 1 atom stereocenters. The van der Waals surface area contributed by atoms with Gasteiger partial charge in [-0.15, -0.1) is 0 Å². The summed E-state index contributed by atoms with van der Waals surface area (Å²) in [7, 11) is 1.69. The smallest absolute Gasteiger partial charge is 0.322 e. The van der Waals surface area contributed by atoms with E-state index in [-0.39, 0.29) is 18.0 Å². The Morgan fingerprint density at radius 1 is 1.39 bits per heavy atom. The minimum absolute atomic E-state index is 0.0561. The molecular formula is C16H15N3O3S. The summed E-state index contributed by atoms with van der Waals surface area (Å²) in [6.07, 6.45) is 1.59. The molecule has 0 bridgehead atoms. The van der Waals surface area contributed by atoms with Gasteiger partial charge >= 0.3 is 6.03 Å². The molecule has 23 heavy (non-hydrogen) atoms. The Morgan fingerprint density at radius 3 is 2.96 bits per heavy atom. The van der Waals surface area contributed by atoms with Crippen molar-refractivity contribution in [1.82, 2.24) is 15.1 Å². The third-order valence-corrected chi connectivity index (χ3v) is 4.94. The van der Waals surface area contributed by atoms with Gasteiger partial charge in [-0.25, -0.2) is 4.79 Å². The molecule has 118 valence electrons. The molecule has 6 nitrogen and oxygen atoms in total. The highest BCUT2D eigenvalue weighted by Crippen LogP contribution is 2.36. The maximum Gasteiger partial charge on any atom is 0.322 e. The number of nitrogens with one attached hydrogen (secondary N) is 1. The van der Waals surface area contributed by atoms with Gasteiger partial charge in [0.1, 0.15) is 5.76 Å². The number of hydrogen-bond acceptors (Lipinski definition) is 4. The fourth-order valence-electron chi connectivity index (χ4n) is 3.03. The van der Waals surface area contributed by atoms with Gasteiger partial charge in [0.15, 0.2) is 0 Å². The second kappa shape index (κ2) is 5.27. The summed E-state index contributed by atoms with van der Waals surface area (Å²) in [6.45, 7) is 0.816. The van der Waals surface area contributed by atoms with Crippen LogP contribution in [0, 0.1) is 0 Å². The van der Waals surface area contributed by atoms with Crippen molar-refractivity contribution >= 4 is 23.3 Å². The van der Waals surface area contributed by atoms with E-state index in [0.29, 0.717) is 18.7 Å². The van der Waals surface area contributed by atoms with Gasteiger partial charge in [0.25, 0.3) is 5.91 Å². The largest absolute Gasteiger partial charge is 0.467 e. The van der Waals surface area contributed by atoms with E-state index in [1.165, 1.54) is 4.90 Å². The number of carbonyl (C=O) groups excluding carboxylic acids is 2. The van der Waals surface area contributed by atoms with Crippen molar-refractivity contribution in [1.29, 1.82) is 0 Å². The van der Waals surface area contributed by atoms with Gasteiger partial charge in [0.2, 0.25) is 0 Å². The number of likely N-dealkylation sites (N-methyl/N-ethyl adjacent to an activating group) is 1. The van der Waals surface area contributed by atoms with Crippen molar-refractivity contribution in [3.8, 4) is 0 Å². The van der Waals surface area contributed by atoms with Crippen LogP contribution in [0.5, 0.6) is 0 Å². The molecule has 0 aliphatic carbocycles. The summed E-state index contributed by atoms with van der Waals surface area (Å²) in [4.78, 5) is 28.3. The molecule has 0 fully saturated rings. The van der Waals surface area contributed by atoms with Gasteiger partial charge in [0.05, 0.1) is 36.7 Å². The molecule has 0 radical (unpaired) electrons. The zero-order valence-electron chi connectivity index (χ0n) is 12.5. The summed E-state index contributed by atoms with van der Waals surface area (Å²) in [6, 6.07) is 5.01. The van der Waals surface area contributed by atoms with Crippen molar-refractivity contribution in [2.45, 2.75) is 12.6 Å². The van der Waals surface area contributed by atoms with Crippen molar-refractivity contribution in [2.75, 3.05) is 13.6 Å². The third-order valence-electron chi connectivity index (χ3n) is 4.24. The summed E-state index contributed by atoms with van der Waals surface area (Å²) < 4.78 is 5.34. The average molecular weight is 329 g/mol. The predicted molar refractivity (Wildman–Crippen MR) is 84.5 cm³/mol. The van der Waals surface area contributed by atoms with Crippen LogP contribution in [0.1, 0.15) is 17.4 Å². The molecule has 0 saturated heterocycles. The van der Waals surface area contributed by atoms with E-state index in [2.05, 4.69) is 5.32 Å². The van der Waals surface area contributed by atoms with E-state index >= 15 is 0 Å². The lowest BCUT2D eigenvalue weighted by Gasteiger charge is -2.30. The zero-order valence-corrected chi connectivity index (χ0v) is 13.3. The lowest BCUT2D eigenvalue weighted by Crippen LogP contribution is -2.45. The van der Waals surface area contributed by atoms with Crippen LogP contribution in [0.4, 0.5) is 4.79 Å². The van der Waals surface area contributed by atoms with E-state index in [4.69, 9.17) is 4.42 Å².